The second-order valence-corrected chi connectivity index (χ2v) is 8.17. The van der Waals surface area contributed by atoms with Crippen LogP contribution in [0.15, 0.2) is 48.5 Å². The zero-order chi connectivity index (χ0) is 18.4. The SMILES string of the molecule is CSN(C)c1ccc(OCC2CCN(CCc3cccc(Cl)c3)C2)cc1. The van der Waals surface area contributed by atoms with Crippen molar-refractivity contribution in [2.45, 2.75) is 12.8 Å². The van der Waals surface area contributed by atoms with Crippen molar-refractivity contribution in [1.29, 1.82) is 0 Å². The van der Waals surface area contributed by atoms with Crippen molar-refractivity contribution in [1.82, 2.24) is 4.90 Å². The minimum atomic E-state index is 0.614. The van der Waals surface area contributed by atoms with E-state index in [0.717, 1.165) is 43.4 Å². The van der Waals surface area contributed by atoms with E-state index in [0.29, 0.717) is 5.92 Å². The third-order valence-electron chi connectivity index (χ3n) is 4.94. The topological polar surface area (TPSA) is 15.7 Å². The van der Waals surface area contributed by atoms with Crippen LogP contribution >= 0.6 is 23.5 Å². The van der Waals surface area contributed by atoms with E-state index < -0.39 is 0 Å². The first kappa shape index (κ1) is 19.4. The molecule has 2 aromatic rings. The van der Waals surface area contributed by atoms with Gasteiger partial charge in [0.2, 0.25) is 0 Å². The van der Waals surface area contributed by atoms with Gasteiger partial charge in [-0.25, -0.2) is 0 Å². The van der Waals surface area contributed by atoms with Crippen molar-refractivity contribution >= 4 is 29.2 Å². The van der Waals surface area contributed by atoms with Gasteiger partial charge in [-0.2, -0.15) is 0 Å². The molecule has 140 valence electrons. The highest BCUT2D eigenvalue weighted by molar-refractivity contribution is 7.99. The Labute approximate surface area is 166 Å². The summed E-state index contributed by atoms with van der Waals surface area (Å²) in [6.07, 6.45) is 4.34. The van der Waals surface area contributed by atoms with E-state index in [-0.39, 0.29) is 0 Å². The van der Waals surface area contributed by atoms with Gasteiger partial charge in [0, 0.05) is 43.0 Å². The normalized spacial score (nSPS) is 17.4. The summed E-state index contributed by atoms with van der Waals surface area (Å²) in [6, 6.07) is 16.5. The monoisotopic (exact) mass is 390 g/mol. The molecule has 0 aromatic heterocycles. The molecule has 1 atom stereocenters. The Bertz CT molecular complexity index is 695. The summed E-state index contributed by atoms with van der Waals surface area (Å²) in [7, 11) is 2.07. The molecule has 2 aromatic carbocycles. The third kappa shape index (κ3) is 5.57. The maximum Gasteiger partial charge on any atom is 0.119 e. The van der Waals surface area contributed by atoms with Crippen LogP contribution in [-0.2, 0) is 6.42 Å². The molecule has 26 heavy (non-hydrogen) atoms. The molecular formula is C21H27ClN2OS. The molecule has 3 rings (SSSR count). The van der Waals surface area contributed by atoms with Gasteiger partial charge in [0.25, 0.3) is 0 Å². The lowest BCUT2D eigenvalue weighted by molar-refractivity contribution is 0.241. The summed E-state index contributed by atoms with van der Waals surface area (Å²) < 4.78 is 8.15. The Morgan fingerprint density at radius 1 is 1.23 bits per heavy atom. The predicted octanol–water partition coefficient (Wildman–Crippen LogP) is 5.00. The average Bonchev–Trinajstić information content (AvgIpc) is 3.12. The molecule has 1 unspecified atom stereocenters. The Hall–Kier alpha value is -1.36. The summed E-state index contributed by atoms with van der Waals surface area (Å²) in [4.78, 5) is 2.53. The van der Waals surface area contributed by atoms with Crippen molar-refractivity contribution in [2.75, 3.05) is 43.8 Å². The maximum atomic E-state index is 6.06. The fourth-order valence-corrected chi connectivity index (χ4v) is 3.85. The van der Waals surface area contributed by atoms with Crippen LogP contribution in [0.5, 0.6) is 5.75 Å². The first-order valence-electron chi connectivity index (χ1n) is 9.11. The van der Waals surface area contributed by atoms with Crippen LogP contribution in [0.3, 0.4) is 0 Å². The molecule has 1 fully saturated rings. The highest BCUT2D eigenvalue weighted by Crippen LogP contribution is 2.24. The number of benzene rings is 2. The Kier molecular flexibility index (Phi) is 7.12. The highest BCUT2D eigenvalue weighted by Gasteiger charge is 2.22. The van der Waals surface area contributed by atoms with E-state index in [1.165, 1.54) is 17.7 Å². The van der Waals surface area contributed by atoms with E-state index in [2.05, 4.69) is 58.9 Å². The third-order valence-corrected chi connectivity index (χ3v) is 5.93. The van der Waals surface area contributed by atoms with Crippen molar-refractivity contribution in [3.05, 3.63) is 59.1 Å². The fourth-order valence-electron chi connectivity index (χ4n) is 3.30. The van der Waals surface area contributed by atoms with E-state index in [9.17, 15) is 0 Å². The number of anilines is 1. The average molecular weight is 391 g/mol. The summed E-state index contributed by atoms with van der Waals surface area (Å²) >= 11 is 7.77. The molecule has 3 nitrogen and oxygen atoms in total. The fraction of sp³-hybridized carbons (Fsp3) is 0.429. The molecule has 0 N–H and O–H groups in total. The quantitative estimate of drug-likeness (QED) is 0.589. The van der Waals surface area contributed by atoms with Crippen molar-refractivity contribution in [3.63, 3.8) is 0 Å². The zero-order valence-electron chi connectivity index (χ0n) is 15.5. The predicted molar refractivity (Wildman–Crippen MR) is 114 cm³/mol. The summed E-state index contributed by atoms with van der Waals surface area (Å²) in [5.41, 5.74) is 2.51. The number of hydrogen-bond acceptors (Lipinski definition) is 4. The van der Waals surface area contributed by atoms with Gasteiger partial charge in [-0.15, -0.1) is 0 Å². The minimum absolute atomic E-state index is 0.614. The smallest absolute Gasteiger partial charge is 0.119 e. The van der Waals surface area contributed by atoms with Gasteiger partial charge in [-0.1, -0.05) is 35.7 Å². The lowest BCUT2D eigenvalue weighted by Crippen LogP contribution is -2.24. The minimum Gasteiger partial charge on any atom is -0.493 e. The van der Waals surface area contributed by atoms with E-state index >= 15 is 0 Å². The standard InChI is InChI=1S/C21H27ClN2OS/c1-23(26-2)20-6-8-21(9-7-20)25-16-18-11-13-24(15-18)12-10-17-4-3-5-19(22)14-17/h3-9,14,18H,10-13,15-16H2,1-2H3. The Balaban J connectivity index is 1.40. The lowest BCUT2D eigenvalue weighted by atomic mass is 10.1. The second-order valence-electron chi connectivity index (χ2n) is 6.82. The molecule has 0 spiro atoms. The maximum absolute atomic E-state index is 6.06. The van der Waals surface area contributed by atoms with E-state index in [1.54, 1.807) is 11.9 Å². The van der Waals surface area contributed by atoms with Gasteiger partial charge in [0.15, 0.2) is 0 Å². The van der Waals surface area contributed by atoms with Gasteiger partial charge in [0.1, 0.15) is 5.75 Å². The van der Waals surface area contributed by atoms with Gasteiger partial charge in [-0.3, -0.25) is 0 Å². The molecule has 0 amide bonds. The molecule has 1 aliphatic heterocycles. The zero-order valence-corrected chi connectivity index (χ0v) is 17.1. The van der Waals surface area contributed by atoms with Crippen LogP contribution in [0.1, 0.15) is 12.0 Å². The number of rotatable bonds is 8. The molecular weight excluding hydrogens is 364 g/mol. The Morgan fingerprint density at radius 2 is 2.04 bits per heavy atom. The summed E-state index contributed by atoms with van der Waals surface area (Å²) in [5.74, 6) is 1.57. The number of hydrogen-bond donors (Lipinski definition) is 0. The van der Waals surface area contributed by atoms with Crippen molar-refractivity contribution < 1.29 is 4.74 Å². The number of halogens is 1. The van der Waals surface area contributed by atoms with Crippen LogP contribution in [0.25, 0.3) is 0 Å². The van der Waals surface area contributed by atoms with E-state index in [4.69, 9.17) is 16.3 Å². The second kappa shape index (κ2) is 9.54. The van der Waals surface area contributed by atoms with Gasteiger partial charge in [-0.05, 0) is 61.3 Å². The van der Waals surface area contributed by atoms with Gasteiger partial charge >= 0.3 is 0 Å². The summed E-state index contributed by atoms with van der Waals surface area (Å²) in [5, 5.41) is 0.824. The van der Waals surface area contributed by atoms with Crippen LogP contribution in [0.4, 0.5) is 5.69 Å². The molecule has 0 aliphatic carbocycles. The lowest BCUT2D eigenvalue weighted by Gasteiger charge is -2.17. The Morgan fingerprint density at radius 3 is 2.77 bits per heavy atom. The summed E-state index contributed by atoms with van der Waals surface area (Å²) in [6.45, 7) is 4.16. The van der Waals surface area contributed by atoms with Gasteiger partial charge in [0.05, 0.1) is 6.61 Å². The molecule has 1 heterocycles. The van der Waals surface area contributed by atoms with Crippen molar-refractivity contribution in [3.8, 4) is 5.75 Å². The molecule has 1 aliphatic rings. The molecule has 5 heteroatoms. The molecule has 0 radical (unpaired) electrons. The van der Waals surface area contributed by atoms with Crippen LogP contribution < -0.4 is 9.04 Å². The molecule has 1 saturated heterocycles. The molecule has 0 bridgehead atoms. The van der Waals surface area contributed by atoms with Crippen molar-refractivity contribution in [2.24, 2.45) is 5.92 Å². The van der Waals surface area contributed by atoms with Crippen LogP contribution in [0, 0.1) is 5.92 Å². The van der Waals surface area contributed by atoms with Crippen LogP contribution in [0.2, 0.25) is 5.02 Å². The number of likely N-dealkylation sites (tertiary alicyclic amines) is 1. The first-order chi connectivity index (χ1) is 12.6. The van der Waals surface area contributed by atoms with Crippen LogP contribution in [-0.4, -0.2) is 44.4 Å². The first-order valence-corrected chi connectivity index (χ1v) is 10.7. The largest absolute Gasteiger partial charge is 0.493 e. The number of ether oxygens (including phenoxy) is 1. The van der Waals surface area contributed by atoms with Gasteiger partial charge < -0.3 is 13.9 Å². The number of nitrogens with zero attached hydrogens (tertiary/aromatic N) is 2. The highest BCUT2D eigenvalue weighted by atomic mass is 35.5. The molecule has 0 saturated carbocycles. The van der Waals surface area contributed by atoms with E-state index in [1.807, 2.05) is 12.1 Å².